The summed E-state index contributed by atoms with van der Waals surface area (Å²) in [5.74, 6) is -1.69. The van der Waals surface area contributed by atoms with Gasteiger partial charge in [-0.2, -0.15) is 5.10 Å². The fourth-order valence-corrected chi connectivity index (χ4v) is 3.39. The minimum absolute atomic E-state index is 0.0592. The van der Waals surface area contributed by atoms with Crippen LogP contribution < -0.4 is 16.6 Å². The Balaban J connectivity index is 1.39. The van der Waals surface area contributed by atoms with E-state index in [4.69, 9.17) is 5.73 Å². The first-order valence-electron chi connectivity index (χ1n) is 10.2. The van der Waals surface area contributed by atoms with Crippen molar-refractivity contribution in [1.82, 2.24) is 19.7 Å². The number of amides is 1. The Bertz CT molecular complexity index is 1340. The number of aromatic hydroxyl groups is 1. The molecule has 0 fully saturated rings. The van der Waals surface area contributed by atoms with Crippen molar-refractivity contribution in [2.45, 2.75) is 19.6 Å². The lowest BCUT2D eigenvalue weighted by molar-refractivity contribution is 0.0951. The van der Waals surface area contributed by atoms with Gasteiger partial charge in [0.15, 0.2) is 17.4 Å². The van der Waals surface area contributed by atoms with Crippen LogP contribution in [-0.2, 0) is 19.6 Å². The number of rotatable bonds is 7. The van der Waals surface area contributed by atoms with Gasteiger partial charge in [0.2, 0.25) is 0 Å². The third-order valence-corrected chi connectivity index (χ3v) is 5.15. The highest BCUT2D eigenvalue weighted by molar-refractivity contribution is 5.98. The number of halogens is 1. The van der Waals surface area contributed by atoms with Crippen molar-refractivity contribution >= 4 is 11.7 Å². The summed E-state index contributed by atoms with van der Waals surface area (Å²) >= 11 is 0. The van der Waals surface area contributed by atoms with E-state index < -0.39 is 17.5 Å². The number of hydrogen-bond donors (Lipinski definition) is 3. The van der Waals surface area contributed by atoms with Gasteiger partial charge in [-0.25, -0.2) is 4.39 Å². The summed E-state index contributed by atoms with van der Waals surface area (Å²) in [4.78, 5) is 24.3. The lowest BCUT2D eigenvalue weighted by Crippen LogP contribution is -2.23. The molecule has 0 aliphatic heterocycles. The maximum absolute atomic E-state index is 13.9. The monoisotopic (exact) mass is 447 g/mol. The molecule has 2 aromatic heterocycles. The molecule has 0 aliphatic rings. The summed E-state index contributed by atoms with van der Waals surface area (Å²) < 4.78 is 17.1. The lowest BCUT2D eigenvalue weighted by atomic mass is 10.1. The van der Waals surface area contributed by atoms with Crippen molar-refractivity contribution in [3.63, 3.8) is 0 Å². The number of nitrogens with zero attached hydrogens (tertiary/aromatic N) is 3. The number of carbonyl (C=O) groups is 1. The van der Waals surface area contributed by atoms with Crippen molar-refractivity contribution < 1.29 is 14.3 Å². The van der Waals surface area contributed by atoms with Crippen LogP contribution in [0.4, 0.5) is 10.2 Å². The maximum Gasteiger partial charge on any atom is 0.256 e. The number of nitrogen functional groups attached to an aromatic ring is 1. The number of phenolic OH excluding ortho intramolecular Hbond substituents is 1. The first kappa shape index (κ1) is 21.8. The first-order chi connectivity index (χ1) is 15.9. The quantitative estimate of drug-likeness (QED) is 0.403. The smallest absolute Gasteiger partial charge is 0.256 e. The average molecular weight is 447 g/mol. The topological polar surface area (TPSA) is 115 Å². The van der Waals surface area contributed by atoms with E-state index in [2.05, 4.69) is 10.4 Å². The maximum atomic E-state index is 13.9. The van der Waals surface area contributed by atoms with Gasteiger partial charge in [0.05, 0.1) is 13.1 Å². The van der Waals surface area contributed by atoms with Gasteiger partial charge in [-0.3, -0.25) is 14.3 Å². The Morgan fingerprint density at radius 3 is 2.48 bits per heavy atom. The van der Waals surface area contributed by atoms with E-state index in [-0.39, 0.29) is 29.0 Å². The molecular weight excluding hydrogens is 425 g/mol. The van der Waals surface area contributed by atoms with E-state index in [1.807, 2.05) is 30.3 Å². The molecule has 1 amide bonds. The summed E-state index contributed by atoms with van der Waals surface area (Å²) in [5.41, 5.74) is 8.09. The summed E-state index contributed by atoms with van der Waals surface area (Å²) in [7, 11) is 0. The number of phenols is 1. The molecule has 0 spiro atoms. The Labute approximate surface area is 188 Å². The number of pyridine rings is 1. The molecule has 8 nitrogen and oxygen atoms in total. The minimum Gasteiger partial charge on any atom is -0.505 e. The summed E-state index contributed by atoms with van der Waals surface area (Å²) in [6.07, 6.45) is 3.27. The SMILES string of the molecule is Nc1nn(Cc2ccc(Cn3ccccc3=O)cc2)cc1C(=O)NCc1cccc(O)c1F. The van der Waals surface area contributed by atoms with Crippen LogP contribution >= 0.6 is 0 Å². The highest BCUT2D eigenvalue weighted by Gasteiger charge is 2.15. The van der Waals surface area contributed by atoms with E-state index in [0.29, 0.717) is 13.1 Å². The van der Waals surface area contributed by atoms with Gasteiger partial charge >= 0.3 is 0 Å². The zero-order chi connectivity index (χ0) is 23.4. The second-order valence-corrected chi connectivity index (χ2v) is 7.54. The van der Waals surface area contributed by atoms with Gasteiger partial charge in [-0.1, -0.05) is 42.5 Å². The molecule has 0 aliphatic carbocycles. The average Bonchev–Trinajstić information content (AvgIpc) is 3.17. The van der Waals surface area contributed by atoms with Crippen molar-refractivity contribution in [3.05, 3.63) is 111 Å². The molecule has 4 rings (SSSR count). The molecule has 9 heteroatoms. The number of hydrogen-bond acceptors (Lipinski definition) is 5. The van der Waals surface area contributed by atoms with Gasteiger partial charge in [0.1, 0.15) is 5.56 Å². The molecule has 0 saturated heterocycles. The molecule has 4 aromatic rings. The van der Waals surface area contributed by atoms with Gasteiger partial charge in [-0.15, -0.1) is 0 Å². The minimum atomic E-state index is -0.776. The normalized spacial score (nSPS) is 10.8. The van der Waals surface area contributed by atoms with Crippen LogP contribution in [0.1, 0.15) is 27.0 Å². The number of aromatic nitrogens is 3. The van der Waals surface area contributed by atoms with Crippen molar-refractivity contribution in [3.8, 4) is 5.75 Å². The second kappa shape index (κ2) is 9.39. The van der Waals surface area contributed by atoms with E-state index in [9.17, 15) is 19.1 Å². The van der Waals surface area contributed by atoms with E-state index in [1.165, 1.54) is 30.5 Å². The van der Waals surface area contributed by atoms with E-state index in [0.717, 1.165) is 11.1 Å². The van der Waals surface area contributed by atoms with Crippen LogP contribution in [0, 0.1) is 5.82 Å². The fourth-order valence-electron chi connectivity index (χ4n) is 3.39. The van der Waals surface area contributed by atoms with Crippen LogP contribution in [0.2, 0.25) is 0 Å². The molecular formula is C24H22FN5O3. The highest BCUT2D eigenvalue weighted by Crippen LogP contribution is 2.19. The van der Waals surface area contributed by atoms with Crippen molar-refractivity contribution in [2.75, 3.05) is 5.73 Å². The van der Waals surface area contributed by atoms with Gasteiger partial charge in [0, 0.05) is 30.6 Å². The predicted octanol–water partition coefficient (Wildman–Crippen LogP) is 2.50. The molecule has 0 radical (unpaired) electrons. The highest BCUT2D eigenvalue weighted by atomic mass is 19.1. The zero-order valence-electron chi connectivity index (χ0n) is 17.6. The van der Waals surface area contributed by atoms with Crippen LogP contribution in [-0.4, -0.2) is 25.4 Å². The van der Waals surface area contributed by atoms with Crippen molar-refractivity contribution in [1.29, 1.82) is 0 Å². The Morgan fingerprint density at radius 1 is 1.03 bits per heavy atom. The van der Waals surface area contributed by atoms with Crippen LogP contribution in [0.25, 0.3) is 0 Å². The molecule has 0 atom stereocenters. The largest absolute Gasteiger partial charge is 0.505 e. The molecule has 4 N–H and O–H groups in total. The predicted molar refractivity (Wildman–Crippen MR) is 121 cm³/mol. The van der Waals surface area contributed by atoms with E-state index >= 15 is 0 Å². The Kier molecular flexibility index (Phi) is 6.21. The molecule has 2 aromatic carbocycles. The van der Waals surface area contributed by atoms with Gasteiger partial charge in [0.25, 0.3) is 11.5 Å². The third-order valence-electron chi connectivity index (χ3n) is 5.15. The summed E-state index contributed by atoms with van der Waals surface area (Å²) in [5, 5.41) is 16.2. The standard InChI is InChI=1S/C24H22FN5O3/c25-22-18(4-3-5-20(22)31)12-27-24(33)19-15-30(28-23(19)26)14-17-9-7-16(8-10-17)13-29-11-2-1-6-21(29)32/h1-11,15,31H,12-14H2,(H2,26,28)(H,27,33). The summed E-state index contributed by atoms with van der Waals surface area (Å²) in [6, 6.07) is 16.9. The summed E-state index contributed by atoms with van der Waals surface area (Å²) in [6.45, 7) is 0.763. The second-order valence-electron chi connectivity index (χ2n) is 7.54. The number of nitrogens with one attached hydrogen (secondary N) is 1. The van der Waals surface area contributed by atoms with Crippen LogP contribution in [0.15, 0.2) is 77.9 Å². The molecule has 0 saturated carbocycles. The van der Waals surface area contributed by atoms with Crippen LogP contribution in [0.3, 0.4) is 0 Å². The Hall–Kier alpha value is -4.40. The van der Waals surface area contributed by atoms with Crippen LogP contribution in [0.5, 0.6) is 5.75 Å². The van der Waals surface area contributed by atoms with Gasteiger partial charge in [-0.05, 0) is 23.3 Å². The lowest BCUT2D eigenvalue weighted by Gasteiger charge is -2.07. The number of anilines is 1. The number of nitrogens with two attached hydrogens (primary N) is 1. The fraction of sp³-hybridized carbons (Fsp3) is 0.125. The van der Waals surface area contributed by atoms with Gasteiger partial charge < -0.3 is 20.7 Å². The molecule has 0 unspecified atom stereocenters. The molecule has 168 valence electrons. The van der Waals surface area contributed by atoms with Crippen molar-refractivity contribution in [2.24, 2.45) is 0 Å². The number of benzene rings is 2. The zero-order valence-corrected chi connectivity index (χ0v) is 17.6. The third kappa shape index (κ3) is 5.09. The number of carbonyl (C=O) groups excluding carboxylic acids is 1. The molecule has 33 heavy (non-hydrogen) atoms. The molecule has 0 bridgehead atoms. The molecule has 2 heterocycles. The Morgan fingerprint density at radius 2 is 1.76 bits per heavy atom. The van der Waals surface area contributed by atoms with E-state index in [1.54, 1.807) is 21.5 Å². The first-order valence-corrected chi connectivity index (χ1v) is 10.2.